The van der Waals surface area contributed by atoms with Crippen LogP contribution in [0, 0.1) is 12.7 Å². The first-order valence-corrected chi connectivity index (χ1v) is 8.16. The lowest BCUT2D eigenvalue weighted by Gasteiger charge is -2.26. The van der Waals surface area contributed by atoms with Crippen molar-refractivity contribution >= 4 is 9.84 Å². The van der Waals surface area contributed by atoms with Gasteiger partial charge in [-0.2, -0.15) is 4.98 Å². The van der Waals surface area contributed by atoms with E-state index < -0.39 is 15.7 Å². The van der Waals surface area contributed by atoms with Gasteiger partial charge in [-0.25, -0.2) is 12.8 Å². The maximum absolute atomic E-state index is 13.4. The van der Waals surface area contributed by atoms with E-state index in [4.69, 9.17) is 4.52 Å². The van der Waals surface area contributed by atoms with Crippen LogP contribution in [0.4, 0.5) is 4.39 Å². The first kappa shape index (κ1) is 14.2. The molecule has 112 valence electrons. The summed E-state index contributed by atoms with van der Waals surface area (Å²) < 4.78 is 42.3. The van der Waals surface area contributed by atoms with Crippen molar-refractivity contribution in [2.45, 2.75) is 30.8 Å². The first-order chi connectivity index (χ1) is 9.95. The maximum atomic E-state index is 13.4. The Labute approximate surface area is 121 Å². The van der Waals surface area contributed by atoms with Crippen molar-refractivity contribution in [3.63, 3.8) is 0 Å². The molecule has 0 amide bonds. The van der Waals surface area contributed by atoms with Crippen molar-refractivity contribution < 1.29 is 17.3 Å². The summed E-state index contributed by atoms with van der Waals surface area (Å²) >= 11 is 0. The number of benzene rings is 1. The van der Waals surface area contributed by atoms with Crippen molar-refractivity contribution in [3.8, 4) is 0 Å². The number of hydrogen-bond donors (Lipinski definition) is 1. The van der Waals surface area contributed by atoms with Gasteiger partial charge in [0.2, 0.25) is 5.89 Å². The molecule has 1 aliphatic rings. The van der Waals surface area contributed by atoms with Crippen LogP contribution >= 0.6 is 0 Å². The number of aromatic nitrogens is 2. The Morgan fingerprint density at radius 3 is 3.00 bits per heavy atom. The Morgan fingerprint density at radius 2 is 2.29 bits per heavy atom. The predicted octanol–water partition coefficient (Wildman–Crippen LogP) is 1.53. The topological polar surface area (TPSA) is 85.1 Å². The summed E-state index contributed by atoms with van der Waals surface area (Å²) in [5.41, 5.74) is 0.460. The maximum Gasteiger partial charge on any atom is 0.223 e. The Bertz CT molecular complexity index is 773. The molecule has 0 saturated carbocycles. The molecule has 0 aliphatic carbocycles. The Kier molecular flexibility index (Phi) is 3.50. The van der Waals surface area contributed by atoms with Crippen LogP contribution in [0.5, 0.6) is 0 Å². The van der Waals surface area contributed by atoms with Crippen LogP contribution in [0.3, 0.4) is 0 Å². The lowest BCUT2D eigenvalue weighted by atomic mass is 10.0. The molecule has 2 heterocycles. The molecule has 0 saturated heterocycles. The molecule has 6 nitrogen and oxygen atoms in total. The summed E-state index contributed by atoms with van der Waals surface area (Å²) in [5, 5.41) is 6.92. The zero-order valence-corrected chi connectivity index (χ0v) is 12.2. The molecule has 0 bridgehead atoms. The van der Waals surface area contributed by atoms with Crippen LogP contribution in [-0.2, 0) is 16.4 Å². The van der Waals surface area contributed by atoms with E-state index in [0.29, 0.717) is 30.2 Å². The third-order valence-electron chi connectivity index (χ3n) is 3.43. The summed E-state index contributed by atoms with van der Waals surface area (Å²) in [7, 11) is -3.33. The van der Waals surface area contributed by atoms with Gasteiger partial charge in [-0.3, -0.25) is 0 Å². The summed E-state index contributed by atoms with van der Waals surface area (Å²) in [5.74, 6) is 0.533. The van der Waals surface area contributed by atoms with Gasteiger partial charge in [0.1, 0.15) is 5.82 Å². The van der Waals surface area contributed by atoms with Gasteiger partial charge >= 0.3 is 0 Å². The van der Waals surface area contributed by atoms with E-state index in [2.05, 4.69) is 15.5 Å². The molecule has 1 unspecified atom stereocenters. The third-order valence-corrected chi connectivity index (χ3v) is 5.25. The Balaban J connectivity index is 1.86. The lowest BCUT2D eigenvalue weighted by molar-refractivity contribution is 0.382. The molecule has 1 aromatic heterocycles. The van der Waals surface area contributed by atoms with E-state index in [1.54, 1.807) is 6.92 Å². The second kappa shape index (κ2) is 5.19. The van der Waals surface area contributed by atoms with Gasteiger partial charge in [0, 0.05) is 13.0 Å². The van der Waals surface area contributed by atoms with Crippen LogP contribution in [0.1, 0.15) is 29.7 Å². The highest BCUT2D eigenvalue weighted by atomic mass is 32.2. The van der Waals surface area contributed by atoms with Gasteiger partial charge in [-0.1, -0.05) is 5.16 Å². The molecule has 21 heavy (non-hydrogen) atoms. The largest absolute Gasteiger partial charge is 0.340 e. The van der Waals surface area contributed by atoms with Crippen molar-refractivity contribution in [1.29, 1.82) is 0 Å². The minimum absolute atomic E-state index is 0.0363. The van der Waals surface area contributed by atoms with Crippen molar-refractivity contribution in [3.05, 3.63) is 41.3 Å². The van der Waals surface area contributed by atoms with Crippen LogP contribution in [0.2, 0.25) is 0 Å². The zero-order chi connectivity index (χ0) is 15.0. The second-order valence-corrected chi connectivity index (χ2v) is 7.03. The van der Waals surface area contributed by atoms with E-state index in [1.165, 1.54) is 18.2 Å². The number of nitrogens with zero attached hydrogens (tertiary/aromatic N) is 2. The molecule has 1 atom stereocenters. The van der Waals surface area contributed by atoms with Crippen LogP contribution < -0.4 is 5.32 Å². The van der Waals surface area contributed by atoms with Gasteiger partial charge in [0.15, 0.2) is 15.7 Å². The number of nitrogens with one attached hydrogen (secondary N) is 1. The molecule has 0 fully saturated rings. The number of halogens is 1. The molecule has 1 aliphatic heterocycles. The van der Waals surface area contributed by atoms with Gasteiger partial charge in [0.25, 0.3) is 0 Å². The monoisotopic (exact) mass is 311 g/mol. The fourth-order valence-electron chi connectivity index (χ4n) is 2.45. The number of hydrogen-bond acceptors (Lipinski definition) is 6. The van der Waals surface area contributed by atoms with Crippen molar-refractivity contribution in [2.75, 3.05) is 5.75 Å². The average Bonchev–Trinajstić information content (AvgIpc) is 2.83. The second-order valence-electron chi connectivity index (χ2n) is 4.95. The Hall–Kier alpha value is -1.80. The first-order valence-electron chi connectivity index (χ1n) is 6.50. The summed E-state index contributed by atoms with van der Waals surface area (Å²) in [4.78, 5) is 4.26. The molecular weight excluding hydrogens is 297 g/mol. The molecule has 2 aromatic rings. The minimum atomic E-state index is -3.33. The summed E-state index contributed by atoms with van der Waals surface area (Å²) in [6.07, 6.45) is 0.385. The summed E-state index contributed by atoms with van der Waals surface area (Å²) in [6, 6.07) is 3.51. The molecule has 8 heteroatoms. The third kappa shape index (κ3) is 2.81. The van der Waals surface area contributed by atoms with E-state index in [1.807, 2.05) is 0 Å². The van der Waals surface area contributed by atoms with Crippen LogP contribution in [0.25, 0.3) is 0 Å². The van der Waals surface area contributed by atoms with Crippen LogP contribution in [-0.4, -0.2) is 24.3 Å². The highest BCUT2D eigenvalue weighted by Crippen LogP contribution is 2.32. The van der Waals surface area contributed by atoms with E-state index in [-0.39, 0.29) is 16.7 Å². The number of aryl methyl sites for hydroxylation is 1. The predicted molar refractivity (Wildman–Crippen MR) is 71.7 cm³/mol. The highest BCUT2D eigenvalue weighted by molar-refractivity contribution is 7.91. The van der Waals surface area contributed by atoms with E-state index in [0.717, 1.165) is 0 Å². The average molecular weight is 311 g/mol. The van der Waals surface area contributed by atoms with Gasteiger partial charge in [-0.05, 0) is 30.2 Å². The molecule has 3 rings (SSSR count). The van der Waals surface area contributed by atoms with Gasteiger partial charge < -0.3 is 9.84 Å². The summed E-state index contributed by atoms with van der Waals surface area (Å²) in [6.45, 7) is 2.02. The number of sulfone groups is 1. The SMILES string of the molecule is Cc1nc(CNC2CCS(=O)(=O)c3ccc(F)cc32)no1. The normalized spacial score (nSPS) is 20.2. The fraction of sp³-hybridized carbons (Fsp3) is 0.385. The van der Waals surface area contributed by atoms with E-state index >= 15 is 0 Å². The van der Waals surface area contributed by atoms with Crippen LogP contribution in [0.15, 0.2) is 27.6 Å². The minimum Gasteiger partial charge on any atom is -0.340 e. The fourth-order valence-corrected chi connectivity index (χ4v) is 4.05. The van der Waals surface area contributed by atoms with Gasteiger partial charge in [0.05, 0.1) is 17.2 Å². The number of rotatable bonds is 3. The quantitative estimate of drug-likeness (QED) is 0.865. The molecule has 0 radical (unpaired) electrons. The smallest absolute Gasteiger partial charge is 0.223 e. The standard InChI is InChI=1S/C13H14FN3O3S/c1-8-16-13(17-20-8)7-15-11-4-5-21(18,19)12-3-2-9(14)6-10(11)12/h2-3,6,11,15H,4-5,7H2,1H3. The van der Waals surface area contributed by atoms with Crippen molar-refractivity contribution in [2.24, 2.45) is 0 Å². The van der Waals surface area contributed by atoms with Crippen molar-refractivity contribution in [1.82, 2.24) is 15.5 Å². The lowest BCUT2D eigenvalue weighted by Crippen LogP contribution is -2.30. The van der Waals surface area contributed by atoms with E-state index in [9.17, 15) is 12.8 Å². The molecule has 0 spiro atoms. The zero-order valence-electron chi connectivity index (χ0n) is 11.3. The molecule has 1 N–H and O–H groups in total. The molecule has 1 aromatic carbocycles. The Morgan fingerprint density at radius 1 is 1.48 bits per heavy atom. The molecular formula is C13H14FN3O3S. The van der Waals surface area contributed by atoms with Gasteiger partial charge in [-0.15, -0.1) is 0 Å². The highest BCUT2D eigenvalue weighted by Gasteiger charge is 2.30. The number of fused-ring (bicyclic) bond motifs is 1.